The number of rotatable bonds is 2. The monoisotopic (exact) mass is 287 g/mol. The van der Waals surface area contributed by atoms with Gasteiger partial charge in [0, 0.05) is 17.7 Å². The van der Waals surface area contributed by atoms with Crippen LogP contribution in [0.4, 0.5) is 0 Å². The Morgan fingerprint density at radius 1 is 1.43 bits per heavy atom. The number of nitrogens with zero attached hydrogens (tertiary/aromatic N) is 1. The maximum atomic E-state index is 11.8. The third-order valence-corrected chi connectivity index (χ3v) is 3.68. The summed E-state index contributed by atoms with van der Waals surface area (Å²) in [5.74, 6) is -1.89. The van der Waals surface area contributed by atoms with Crippen molar-refractivity contribution in [1.82, 2.24) is 10.4 Å². The van der Waals surface area contributed by atoms with Gasteiger partial charge in [-0.15, -0.1) is 0 Å². The van der Waals surface area contributed by atoms with Gasteiger partial charge in [0.1, 0.15) is 5.75 Å². The number of aromatic amines is 1. The number of carboxylic acid groups (broad SMARTS) is 1. The summed E-state index contributed by atoms with van der Waals surface area (Å²) in [6.07, 6.45) is 7.38. The molecule has 1 aliphatic carbocycles. The van der Waals surface area contributed by atoms with E-state index >= 15 is 0 Å². The first-order chi connectivity index (χ1) is 9.99. The first-order valence-electron chi connectivity index (χ1n) is 6.37. The summed E-state index contributed by atoms with van der Waals surface area (Å²) in [6, 6.07) is 0.0904. The van der Waals surface area contributed by atoms with Crippen molar-refractivity contribution < 1.29 is 15.0 Å². The Balaban J connectivity index is 2.12. The Kier molecular flexibility index (Phi) is 2.90. The van der Waals surface area contributed by atoms with Gasteiger partial charge in [-0.25, -0.2) is 4.79 Å². The van der Waals surface area contributed by atoms with Gasteiger partial charge in [0.2, 0.25) is 0 Å². The Morgan fingerprint density at radius 2 is 2.19 bits per heavy atom. The second-order valence-electron chi connectivity index (χ2n) is 4.97. The maximum Gasteiger partial charge on any atom is 0.345 e. The molecule has 1 aliphatic heterocycles. The Morgan fingerprint density at radius 3 is 2.90 bits per heavy atom. The zero-order valence-electron chi connectivity index (χ0n) is 11.1. The molecule has 7 heteroatoms. The lowest BCUT2D eigenvalue weighted by Gasteiger charge is -2.19. The van der Waals surface area contributed by atoms with Gasteiger partial charge in [0.05, 0.1) is 11.7 Å². The molecule has 108 valence electrons. The van der Waals surface area contributed by atoms with Crippen molar-refractivity contribution in [1.29, 1.82) is 0 Å². The molecule has 7 nitrogen and oxygen atoms in total. The topological polar surface area (TPSA) is 115 Å². The van der Waals surface area contributed by atoms with Gasteiger partial charge < -0.3 is 20.6 Å². The van der Waals surface area contributed by atoms with Crippen molar-refractivity contribution >= 4 is 17.8 Å². The second-order valence-corrected chi connectivity index (χ2v) is 4.97. The van der Waals surface area contributed by atoms with Crippen molar-refractivity contribution in [3.63, 3.8) is 0 Å². The number of fused-ring (bicyclic) bond motifs is 1. The summed E-state index contributed by atoms with van der Waals surface area (Å²) in [4.78, 5) is 25.4. The Labute approximate surface area is 119 Å². The van der Waals surface area contributed by atoms with E-state index < -0.39 is 22.8 Å². The van der Waals surface area contributed by atoms with Crippen molar-refractivity contribution in [2.75, 3.05) is 0 Å². The quantitative estimate of drug-likeness (QED) is 0.636. The number of carboxylic acids is 1. The average Bonchev–Trinajstić information content (AvgIpc) is 2.89. The summed E-state index contributed by atoms with van der Waals surface area (Å²) >= 11 is 0. The number of aromatic hydroxyl groups is 1. The van der Waals surface area contributed by atoms with Gasteiger partial charge in [-0.3, -0.25) is 4.79 Å². The molecule has 1 aromatic heterocycles. The van der Waals surface area contributed by atoms with Crippen LogP contribution >= 0.6 is 0 Å². The molecule has 2 unspecified atom stereocenters. The number of carbonyl (C=O) groups is 1. The summed E-state index contributed by atoms with van der Waals surface area (Å²) in [6.45, 7) is 1.56. The van der Waals surface area contributed by atoms with E-state index in [1.807, 2.05) is 12.2 Å². The van der Waals surface area contributed by atoms with E-state index in [1.165, 1.54) is 0 Å². The molecule has 2 heterocycles. The third-order valence-electron chi connectivity index (χ3n) is 3.68. The van der Waals surface area contributed by atoms with E-state index in [1.54, 1.807) is 19.2 Å². The predicted molar refractivity (Wildman–Crippen MR) is 76.4 cm³/mol. The summed E-state index contributed by atoms with van der Waals surface area (Å²) in [5, 5.41) is 22.9. The summed E-state index contributed by atoms with van der Waals surface area (Å²) in [7, 11) is 0. The number of hydrazone groups is 1. The molecule has 21 heavy (non-hydrogen) atoms. The summed E-state index contributed by atoms with van der Waals surface area (Å²) < 4.78 is 0. The van der Waals surface area contributed by atoms with Crippen LogP contribution < -0.4 is 11.0 Å². The van der Waals surface area contributed by atoms with Crippen molar-refractivity contribution in [3.8, 4) is 5.75 Å². The first-order valence-corrected chi connectivity index (χ1v) is 6.37. The fourth-order valence-corrected chi connectivity index (χ4v) is 2.52. The molecule has 1 aromatic rings. The third kappa shape index (κ3) is 2.03. The minimum absolute atomic E-state index is 0.0641. The highest BCUT2D eigenvalue weighted by molar-refractivity contribution is 5.92. The van der Waals surface area contributed by atoms with Gasteiger partial charge in [-0.2, -0.15) is 5.10 Å². The lowest BCUT2D eigenvalue weighted by Crippen LogP contribution is -2.26. The predicted octanol–water partition coefficient (Wildman–Crippen LogP) is 0.614. The van der Waals surface area contributed by atoms with Crippen LogP contribution in [-0.4, -0.2) is 33.4 Å². The van der Waals surface area contributed by atoms with E-state index in [-0.39, 0.29) is 12.0 Å². The van der Waals surface area contributed by atoms with E-state index in [0.717, 1.165) is 0 Å². The fourth-order valence-electron chi connectivity index (χ4n) is 2.52. The van der Waals surface area contributed by atoms with E-state index in [0.29, 0.717) is 16.8 Å². The lowest BCUT2D eigenvalue weighted by molar-refractivity contribution is 0.0691. The minimum atomic E-state index is -1.45. The molecule has 4 N–H and O–H groups in total. The Hall–Kier alpha value is -2.83. The highest BCUT2D eigenvalue weighted by Gasteiger charge is 2.26. The molecule has 0 fully saturated rings. The molecule has 0 bridgehead atoms. The fraction of sp³-hybridized carbons (Fsp3) is 0.214. The number of aromatic carboxylic acids is 1. The smallest absolute Gasteiger partial charge is 0.345 e. The zero-order valence-corrected chi connectivity index (χ0v) is 11.1. The molecular formula is C14H13N3O4. The van der Waals surface area contributed by atoms with Crippen LogP contribution in [0.3, 0.4) is 0 Å². The largest absolute Gasteiger partial charge is 0.506 e. The molecule has 3 rings (SSSR count). The van der Waals surface area contributed by atoms with Gasteiger partial charge in [-0.1, -0.05) is 18.2 Å². The summed E-state index contributed by atoms with van der Waals surface area (Å²) in [5.41, 5.74) is 2.92. The average molecular weight is 287 g/mol. The molecule has 2 atom stereocenters. The van der Waals surface area contributed by atoms with Crippen LogP contribution in [0.2, 0.25) is 0 Å². The van der Waals surface area contributed by atoms with Gasteiger partial charge in [0.25, 0.3) is 5.56 Å². The maximum absolute atomic E-state index is 11.8. The van der Waals surface area contributed by atoms with Crippen LogP contribution in [0.1, 0.15) is 21.6 Å². The molecule has 0 radical (unpaired) electrons. The van der Waals surface area contributed by atoms with Crippen LogP contribution in [0.25, 0.3) is 5.57 Å². The molecular weight excluding hydrogens is 274 g/mol. The zero-order chi connectivity index (χ0) is 15.1. The minimum Gasteiger partial charge on any atom is -0.506 e. The normalized spacial score (nSPS) is 22.6. The van der Waals surface area contributed by atoms with Crippen molar-refractivity contribution in [3.05, 3.63) is 45.4 Å². The van der Waals surface area contributed by atoms with Crippen LogP contribution in [0, 0.1) is 12.8 Å². The van der Waals surface area contributed by atoms with Crippen LogP contribution in [0.5, 0.6) is 5.75 Å². The van der Waals surface area contributed by atoms with E-state index in [2.05, 4.69) is 15.5 Å². The number of nitrogens with one attached hydrogen (secondary N) is 2. The van der Waals surface area contributed by atoms with E-state index in [4.69, 9.17) is 5.11 Å². The highest BCUT2D eigenvalue weighted by Crippen LogP contribution is 2.30. The Bertz CT molecular complexity index is 773. The van der Waals surface area contributed by atoms with Gasteiger partial charge in [-0.05, 0) is 12.5 Å². The number of hydrogen-bond acceptors (Lipinski definition) is 5. The number of allylic oxidation sites excluding steroid dienone is 2. The highest BCUT2D eigenvalue weighted by atomic mass is 16.4. The molecule has 0 saturated heterocycles. The van der Waals surface area contributed by atoms with Gasteiger partial charge >= 0.3 is 5.97 Å². The number of H-pyrrole nitrogens is 1. The second kappa shape index (κ2) is 4.62. The lowest BCUT2D eigenvalue weighted by atomic mass is 9.90. The molecule has 0 saturated carbocycles. The first kappa shape index (κ1) is 13.2. The molecule has 0 aromatic carbocycles. The number of pyridine rings is 1. The van der Waals surface area contributed by atoms with E-state index in [9.17, 15) is 14.7 Å². The van der Waals surface area contributed by atoms with Crippen LogP contribution in [-0.2, 0) is 0 Å². The number of hydrogen-bond donors (Lipinski definition) is 4. The van der Waals surface area contributed by atoms with Crippen molar-refractivity contribution in [2.45, 2.75) is 13.0 Å². The van der Waals surface area contributed by atoms with Crippen molar-refractivity contribution in [2.24, 2.45) is 11.0 Å². The number of aromatic nitrogens is 1. The standard InChI is InChI=1S/C14H13N3O4/c1-6-11(16-13(19)10(12(6)18)14(20)21)7-2-3-9-8(4-7)5-15-17-9/h2-5,8-9,17H,1H3,(H,20,21)(H2,16,18,19). The SMILES string of the molecule is Cc1c(C2=CC3C=NNC3C=C2)[nH]c(=O)c(C(=O)O)c1O. The molecule has 0 spiro atoms. The molecule has 0 amide bonds. The molecule has 2 aliphatic rings. The van der Waals surface area contributed by atoms with Crippen LogP contribution in [0.15, 0.2) is 28.1 Å². The van der Waals surface area contributed by atoms with Gasteiger partial charge in [0.15, 0.2) is 5.56 Å².